The van der Waals surface area contributed by atoms with Crippen LogP contribution in [-0.2, 0) is 0 Å². The molecule has 1 heterocycles. The molecule has 0 aliphatic carbocycles. The molecule has 1 aliphatic heterocycles. The quantitative estimate of drug-likeness (QED) is 0.507. The molecule has 0 aromatic rings. The molecule has 0 bridgehead atoms. The summed E-state index contributed by atoms with van der Waals surface area (Å²) in [5.41, 5.74) is -1.18. The van der Waals surface area contributed by atoms with E-state index in [0.717, 1.165) is 12.2 Å². The second kappa shape index (κ2) is 3.08. The highest BCUT2D eigenvalue weighted by molar-refractivity contribution is 5.87. The van der Waals surface area contributed by atoms with Crippen LogP contribution < -0.4 is 0 Å². The summed E-state index contributed by atoms with van der Waals surface area (Å²) in [6.07, 6.45) is -1.50. The summed E-state index contributed by atoms with van der Waals surface area (Å²) in [5, 5.41) is 0. The average molecular weight is 179 g/mol. The number of nitrogens with zero attached hydrogens (tertiary/aromatic N) is 1. The normalized spacial score (nSPS) is 18.3. The van der Waals surface area contributed by atoms with Crippen molar-refractivity contribution in [2.24, 2.45) is 4.99 Å². The number of aliphatic imine (C=N–C) groups is 1. The number of hydrogen-bond donors (Lipinski definition) is 0. The smallest absolute Gasteiger partial charge is 0.216 e. The van der Waals surface area contributed by atoms with E-state index in [1.165, 1.54) is 6.08 Å². The highest BCUT2D eigenvalue weighted by atomic mass is 19.4. The van der Waals surface area contributed by atoms with Crippen LogP contribution >= 0.6 is 0 Å². The highest BCUT2D eigenvalue weighted by Gasteiger charge is 2.34. The van der Waals surface area contributed by atoms with Crippen LogP contribution in [0.25, 0.3) is 0 Å². The van der Waals surface area contributed by atoms with Gasteiger partial charge >= 0.3 is 6.18 Å². The maximum atomic E-state index is 12.3. The number of rotatable bonds is 0. The molecule has 0 unspecified atom stereocenters. The van der Waals surface area contributed by atoms with Gasteiger partial charge in [0.15, 0.2) is 0 Å². The second-order valence-electron chi connectivity index (χ2n) is 2.16. The van der Waals surface area contributed by atoms with E-state index in [4.69, 9.17) is 0 Å². The van der Waals surface area contributed by atoms with E-state index in [9.17, 15) is 17.6 Å². The topological polar surface area (TPSA) is 12.4 Å². The van der Waals surface area contributed by atoms with E-state index in [0.29, 0.717) is 0 Å². The average Bonchev–Trinajstić information content (AvgIpc) is 2.11. The first-order valence-electron chi connectivity index (χ1n) is 3.18. The molecule has 5 heteroatoms. The Hall–Kier alpha value is -1.13. The van der Waals surface area contributed by atoms with E-state index in [2.05, 4.69) is 4.99 Å². The summed E-state index contributed by atoms with van der Waals surface area (Å²) in [6, 6.07) is 0. The minimum Gasteiger partial charge on any atom is -0.216 e. The monoisotopic (exact) mass is 179 g/mol. The minimum atomic E-state index is -4.57. The number of halogens is 4. The summed E-state index contributed by atoms with van der Waals surface area (Å²) in [5.74, 6) is -1.11. The Labute approximate surface area is 66.1 Å². The maximum Gasteiger partial charge on any atom is 0.433 e. The molecule has 0 saturated heterocycles. The van der Waals surface area contributed by atoms with Gasteiger partial charge in [0, 0.05) is 0 Å². The molecule has 1 nitrogen and oxygen atoms in total. The lowest BCUT2D eigenvalue weighted by Crippen LogP contribution is -2.10. The molecule has 0 saturated carbocycles. The predicted octanol–water partition coefficient (Wildman–Crippen LogP) is 2.76. The van der Waals surface area contributed by atoms with Gasteiger partial charge in [-0.15, -0.1) is 0 Å². The molecular weight excluding hydrogens is 174 g/mol. The highest BCUT2D eigenvalue weighted by Crippen LogP contribution is 2.28. The van der Waals surface area contributed by atoms with Gasteiger partial charge in [-0.2, -0.15) is 17.6 Å². The van der Waals surface area contributed by atoms with Gasteiger partial charge in [-0.05, 0) is 18.6 Å². The van der Waals surface area contributed by atoms with Crippen LogP contribution in [0.3, 0.4) is 0 Å². The fourth-order valence-corrected chi connectivity index (χ4v) is 0.722. The van der Waals surface area contributed by atoms with E-state index < -0.39 is 17.8 Å². The lowest BCUT2D eigenvalue weighted by Gasteiger charge is -2.04. The van der Waals surface area contributed by atoms with Crippen molar-refractivity contribution in [2.75, 3.05) is 0 Å². The SMILES string of the molecule is FC1=NC(C(F)(F)F)=CCC=C1. The molecule has 0 spiro atoms. The fourth-order valence-electron chi connectivity index (χ4n) is 0.722. The Bertz CT molecular complexity index is 259. The third kappa shape index (κ3) is 2.18. The Morgan fingerprint density at radius 2 is 2.00 bits per heavy atom. The van der Waals surface area contributed by atoms with Crippen molar-refractivity contribution in [2.45, 2.75) is 12.6 Å². The van der Waals surface area contributed by atoms with Crippen LogP contribution in [0, 0.1) is 0 Å². The molecule has 1 rings (SSSR count). The van der Waals surface area contributed by atoms with Crippen molar-refractivity contribution in [3.63, 3.8) is 0 Å². The lowest BCUT2D eigenvalue weighted by molar-refractivity contribution is -0.0925. The van der Waals surface area contributed by atoms with Gasteiger partial charge in [0.05, 0.1) is 0 Å². The lowest BCUT2D eigenvalue weighted by atomic mass is 10.3. The Balaban J connectivity index is 2.93. The molecule has 0 aromatic heterocycles. The zero-order chi connectivity index (χ0) is 9.19. The van der Waals surface area contributed by atoms with E-state index in [1.54, 1.807) is 0 Å². The second-order valence-corrected chi connectivity index (χ2v) is 2.16. The molecule has 0 amide bonds. The van der Waals surface area contributed by atoms with Crippen LogP contribution in [0.15, 0.2) is 28.9 Å². The number of hydrogen-bond acceptors (Lipinski definition) is 1. The summed E-state index contributed by atoms with van der Waals surface area (Å²) in [6.45, 7) is 0. The Morgan fingerprint density at radius 3 is 2.58 bits per heavy atom. The van der Waals surface area contributed by atoms with Gasteiger partial charge in [0.2, 0.25) is 5.97 Å². The standard InChI is InChI=1S/C7H5F4N/c8-6-4-2-1-3-5(12-6)7(9,10)11/h2-4H,1H2. The molecule has 0 fully saturated rings. The first-order valence-corrected chi connectivity index (χ1v) is 3.18. The first kappa shape index (κ1) is 8.96. The molecule has 0 N–H and O–H groups in total. The predicted molar refractivity (Wildman–Crippen MR) is 36.4 cm³/mol. The Kier molecular flexibility index (Phi) is 2.30. The zero-order valence-corrected chi connectivity index (χ0v) is 5.90. The van der Waals surface area contributed by atoms with Crippen LogP contribution in [0.1, 0.15) is 6.42 Å². The van der Waals surface area contributed by atoms with Crippen LogP contribution in [0.5, 0.6) is 0 Å². The maximum absolute atomic E-state index is 12.3. The third-order valence-electron chi connectivity index (χ3n) is 1.22. The van der Waals surface area contributed by atoms with Crippen LogP contribution in [-0.4, -0.2) is 12.1 Å². The zero-order valence-electron chi connectivity index (χ0n) is 5.90. The van der Waals surface area contributed by atoms with Gasteiger partial charge in [-0.3, -0.25) is 0 Å². The van der Waals surface area contributed by atoms with Crippen molar-refractivity contribution in [1.82, 2.24) is 0 Å². The largest absolute Gasteiger partial charge is 0.433 e. The first-order chi connectivity index (χ1) is 5.50. The summed E-state index contributed by atoms with van der Waals surface area (Å²) >= 11 is 0. The van der Waals surface area contributed by atoms with Crippen molar-refractivity contribution in [1.29, 1.82) is 0 Å². The van der Waals surface area contributed by atoms with Gasteiger partial charge in [-0.1, -0.05) is 6.08 Å². The van der Waals surface area contributed by atoms with Crippen molar-refractivity contribution in [3.8, 4) is 0 Å². The third-order valence-corrected chi connectivity index (χ3v) is 1.22. The molecular formula is C7H5F4N. The molecule has 0 radical (unpaired) electrons. The van der Waals surface area contributed by atoms with Crippen LogP contribution in [0.2, 0.25) is 0 Å². The van der Waals surface area contributed by atoms with E-state index in [-0.39, 0.29) is 6.42 Å². The fraction of sp³-hybridized carbons (Fsp3) is 0.286. The minimum absolute atomic E-state index is 0.0474. The summed E-state index contributed by atoms with van der Waals surface area (Å²) < 4.78 is 48.1. The van der Waals surface area contributed by atoms with Gasteiger partial charge in [0.1, 0.15) is 5.70 Å². The number of allylic oxidation sites excluding steroid dienone is 4. The molecule has 0 atom stereocenters. The molecule has 1 aliphatic rings. The van der Waals surface area contributed by atoms with E-state index >= 15 is 0 Å². The Morgan fingerprint density at radius 1 is 1.33 bits per heavy atom. The van der Waals surface area contributed by atoms with Crippen molar-refractivity contribution < 1.29 is 17.6 Å². The number of alkyl halides is 3. The van der Waals surface area contributed by atoms with Gasteiger partial charge in [-0.25, -0.2) is 4.99 Å². The van der Waals surface area contributed by atoms with Gasteiger partial charge in [0.25, 0.3) is 0 Å². The molecule has 12 heavy (non-hydrogen) atoms. The molecule has 66 valence electrons. The van der Waals surface area contributed by atoms with E-state index in [1.807, 2.05) is 0 Å². The molecule has 0 aromatic carbocycles. The van der Waals surface area contributed by atoms with Crippen molar-refractivity contribution in [3.05, 3.63) is 23.9 Å². The van der Waals surface area contributed by atoms with Crippen LogP contribution in [0.4, 0.5) is 17.6 Å². The van der Waals surface area contributed by atoms with Crippen molar-refractivity contribution >= 4 is 5.97 Å². The summed E-state index contributed by atoms with van der Waals surface area (Å²) in [4.78, 5) is 2.75. The van der Waals surface area contributed by atoms with Gasteiger partial charge < -0.3 is 0 Å². The summed E-state index contributed by atoms with van der Waals surface area (Å²) in [7, 11) is 0.